The Labute approximate surface area is 197 Å². The fraction of sp³-hybridized carbons (Fsp3) is 0.280. The summed E-state index contributed by atoms with van der Waals surface area (Å²) in [5, 5.41) is 6.67. The second kappa shape index (κ2) is 9.48. The molecule has 1 aliphatic rings. The second-order valence-corrected chi connectivity index (χ2v) is 8.42. The number of benzene rings is 1. The van der Waals surface area contributed by atoms with E-state index in [1.54, 1.807) is 24.5 Å². The maximum absolute atomic E-state index is 12.3. The molecule has 0 bridgehead atoms. The van der Waals surface area contributed by atoms with Crippen molar-refractivity contribution in [3.05, 3.63) is 61.1 Å². The van der Waals surface area contributed by atoms with E-state index in [1.807, 2.05) is 24.3 Å². The van der Waals surface area contributed by atoms with Crippen LogP contribution in [-0.4, -0.2) is 51.9 Å². The van der Waals surface area contributed by atoms with Crippen molar-refractivity contribution < 1.29 is 9.53 Å². The van der Waals surface area contributed by atoms with Crippen molar-refractivity contribution in [1.29, 1.82) is 0 Å². The van der Waals surface area contributed by atoms with Crippen molar-refractivity contribution in [3.63, 3.8) is 0 Å². The third kappa shape index (κ3) is 4.55. The Morgan fingerprint density at radius 3 is 2.29 bits per heavy atom. The van der Waals surface area contributed by atoms with Crippen molar-refractivity contribution in [1.82, 2.24) is 19.5 Å². The maximum Gasteiger partial charge on any atom is 0.323 e. The molecule has 1 aliphatic heterocycles. The number of rotatable bonds is 5. The molecule has 0 unspecified atom stereocenters. The van der Waals surface area contributed by atoms with Crippen molar-refractivity contribution in [2.24, 2.45) is 0 Å². The quantitative estimate of drug-likeness (QED) is 0.456. The molecule has 0 saturated carbocycles. The zero-order valence-corrected chi connectivity index (χ0v) is 19.2. The van der Waals surface area contributed by atoms with Gasteiger partial charge in [-0.05, 0) is 56.3 Å². The summed E-state index contributed by atoms with van der Waals surface area (Å²) in [6.07, 6.45) is 5.33. The monoisotopic (exact) mass is 457 g/mol. The van der Waals surface area contributed by atoms with Gasteiger partial charge in [-0.25, -0.2) is 14.8 Å². The summed E-state index contributed by atoms with van der Waals surface area (Å²) in [5.41, 5.74) is 3.15. The van der Waals surface area contributed by atoms with E-state index in [0.29, 0.717) is 30.4 Å². The number of fused-ring (bicyclic) bond motifs is 1. The average Bonchev–Trinajstić information content (AvgIpc) is 3.29. The predicted octanol–water partition coefficient (Wildman–Crippen LogP) is 4.55. The molecule has 0 atom stereocenters. The average molecular weight is 458 g/mol. The van der Waals surface area contributed by atoms with Crippen LogP contribution in [0.15, 0.2) is 61.1 Å². The number of morpholine rings is 1. The number of pyridine rings is 1. The molecule has 9 nitrogen and oxygen atoms in total. The normalized spacial score (nSPS) is 13.9. The van der Waals surface area contributed by atoms with Crippen molar-refractivity contribution in [3.8, 4) is 11.4 Å². The molecular weight excluding hydrogens is 430 g/mol. The van der Waals surface area contributed by atoms with Gasteiger partial charge < -0.3 is 24.8 Å². The number of ether oxygens (including phenoxy) is 1. The lowest BCUT2D eigenvalue weighted by molar-refractivity contribution is 0.122. The smallest absolute Gasteiger partial charge is 0.323 e. The summed E-state index contributed by atoms with van der Waals surface area (Å²) in [4.78, 5) is 28.4. The summed E-state index contributed by atoms with van der Waals surface area (Å²) in [5.74, 6) is 1.59. The molecule has 1 aromatic carbocycles. The Morgan fingerprint density at radius 1 is 0.941 bits per heavy atom. The number of nitrogens with one attached hydrogen (secondary N) is 2. The van der Waals surface area contributed by atoms with E-state index in [9.17, 15) is 4.79 Å². The summed E-state index contributed by atoms with van der Waals surface area (Å²) < 4.78 is 7.71. The summed E-state index contributed by atoms with van der Waals surface area (Å²) in [6, 6.07) is 13.1. The van der Waals surface area contributed by atoms with Gasteiger partial charge in [0.2, 0.25) is 0 Å². The number of amides is 2. The Balaban J connectivity index is 1.42. The van der Waals surface area contributed by atoms with Gasteiger partial charge in [0.15, 0.2) is 5.82 Å². The van der Waals surface area contributed by atoms with Crippen LogP contribution in [0.2, 0.25) is 0 Å². The largest absolute Gasteiger partial charge is 0.378 e. The Morgan fingerprint density at radius 2 is 1.62 bits per heavy atom. The van der Waals surface area contributed by atoms with Gasteiger partial charge in [-0.3, -0.25) is 4.98 Å². The highest BCUT2D eigenvalue weighted by atomic mass is 16.5. The van der Waals surface area contributed by atoms with Crippen LogP contribution in [0.25, 0.3) is 22.4 Å². The standard InChI is InChI=1S/C25H27N7O2/c1-17(2)32-12-9-21-23(31-13-15-34-16-14-31)29-22(30-24(21)32)18-3-5-19(6-4-18)27-25(33)28-20-7-10-26-11-8-20/h3-12,17H,13-16H2,1-2H3,(H2,26,27,28,33). The summed E-state index contributed by atoms with van der Waals surface area (Å²) in [7, 11) is 0. The Hall–Kier alpha value is -3.98. The Kier molecular flexibility index (Phi) is 6.09. The molecule has 174 valence electrons. The zero-order chi connectivity index (χ0) is 23.5. The fourth-order valence-electron chi connectivity index (χ4n) is 4.01. The van der Waals surface area contributed by atoms with E-state index in [2.05, 4.69) is 51.2 Å². The van der Waals surface area contributed by atoms with Gasteiger partial charge in [-0.15, -0.1) is 0 Å². The van der Waals surface area contributed by atoms with E-state index in [4.69, 9.17) is 14.7 Å². The molecule has 0 spiro atoms. The lowest BCUT2D eigenvalue weighted by Gasteiger charge is -2.28. The number of hydrogen-bond donors (Lipinski definition) is 2. The molecule has 5 rings (SSSR count). The topological polar surface area (TPSA) is 97.2 Å². The molecule has 34 heavy (non-hydrogen) atoms. The number of anilines is 3. The van der Waals surface area contributed by atoms with Crippen LogP contribution in [0.4, 0.5) is 22.0 Å². The van der Waals surface area contributed by atoms with Crippen LogP contribution in [-0.2, 0) is 4.74 Å². The molecule has 4 heterocycles. The Bertz CT molecular complexity index is 1280. The first-order valence-electron chi connectivity index (χ1n) is 11.4. The van der Waals surface area contributed by atoms with Gasteiger partial charge in [0, 0.05) is 54.7 Å². The summed E-state index contributed by atoms with van der Waals surface area (Å²) >= 11 is 0. The minimum Gasteiger partial charge on any atom is -0.378 e. The van der Waals surface area contributed by atoms with Crippen LogP contribution in [0.3, 0.4) is 0 Å². The highest BCUT2D eigenvalue weighted by Gasteiger charge is 2.20. The molecule has 1 saturated heterocycles. The van der Waals surface area contributed by atoms with Crippen molar-refractivity contribution >= 4 is 34.3 Å². The molecule has 2 N–H and O–H groups in total. The van der Waals surface area contributed by atoms with Crippen LogP contribution >= 0.6 is 0 Å². The third-order valence-electron chi connectivity index (χ3n) is 5.76. The first kappa shape index (κ1) is 21.8. The molecule has 3 aromatic heterocycles. The van der Waals surface area contributed by atoms with Gasteiger partial charge in [0.05, 0.1) is 18.6 Å². The molecule has 9 heteroatoms. The molecule has 2 amide bonds. The zero-order valence-electron chi connectivity index (χ0n) is 19.2. The van der Waals surface area contributed by atoms with Gasteiger partial charge in [0.25, 0.3) is 0 Å². The van der Waals surface area contributed by atoms with E-state index in [-0.39, 0.29) is 12.1 Å². The van der Waals surface area contributed by atoms with Crippen molar-refractivity contribution in [2.45, 2.75) is 19.9 Å². The molecular formula is C25H27N7O2. The fourth-order valence-corrected chi connectivity index (χ4v) is 4.01. The number of nitrogens with zero attached hydrogens (tertiary/aromatic N) is 5. The number of carbonyl (C=O) groups excluding carboxylic acids is 1. The van der Waals surface area contributed by atoms with Crippen LogP contribution in [0.5, 0.6) is 0 Å². The number of hydrogen-bond acceptors (Lipinski definition) is 6. The van der Waals surface area contributed by atoms with E-state index in [0.717, 1.165) is 35.5 Å². The highest BCUT2D eigenvalue weighted by Crippen LogP contribution is 2.31. The van der Waals surface area contributed by atoms with Crippen LogP contribution in [0, 0.1) is 0 Å². The lowest BCUT2D eigenvalue weighted by atomic mass is 10.2. The molecule has 1 fully saturated rings. The summed E-state index contributed by atoms with van der Waals surface area (Å²) in [6.45, 7) is 7.27. The third-order valence-corrected chi connectivity index (χ3v) is 5.76. The second-order valence-electron chi connectivity index (χ2n) is 8.42. The maximum atomic E-state index is 12.3. The molecule has 0 aliphatic carbocycles. The SMILES string of the molecule is CC(C)n1ccc2c(N3CCOCC3)nc(-c3ccc(NC(=O)Nc4ccncc4)cc3)nc21. The van der Waals surface area contributed by atoms with Gasteiger partial charge in [-0.2, -0.15) is 0 Å². The first-order chi connectivity index (χ1) is 16.6. The van der Waals surface area contributed by atoms with Gasteiger partial charge in [0.1, 0.15) is 11.5 Å². The minimum atomic E-state index is -0.319. The van der Waals surface area contributed by atoms with E-state index in [1.165, 1.54) is 0 Å². The predicted molar refractivity (Wildman–Crippen MR) is 133 cm³/mol. The van der Waals surface area contributed by atoms with E-state index < -0.39 is 0 Å². The van der Waals surface area contributed by atoms with Gasteiger partial charge in [-0.1, -0.05) is 0 Å². The highest BCUT2D eigenvalue weighted by molar-refractivity contribution is 5.99. The molecule has 4 aromatic rings. The van der Waals surface area contributed by atoms with Gasteiger partial charge >= 0.3 is 6.03 Å². The lowest BCUT2D eigenvalue weighted by Crippen LogP contribution is -2.37. The van der Waals surface area contributed by atoms with Crippen molar-refractivity contribution in [2.75, 3.05) is 41.8 Å². The number of aromatic nitrogens is 4. The van der Waals surface area contributed by atoms with Crippen LogP contribution < -0.4 is 15.5 Å². The van der Waals surface area contributed by atoms with E-state index >= 15 is 0 Å². The molecule has 0 radical (unpaired) electrons. The van der Waals surface area contributed by atoms with Crippen LogP contribution in [0.1, 0.15) is 19.9 Å². The number of urea groups is 1. The minimum absolute atomic E-state index is 0.281. The number of carbonyl (C=O) groups is 1. The first-order valence-corrected chi connectivity index (χ1v) is 11.4.